The highest BCUT2D eigenvalue weighted by molar-refractivity contribution is 6.34. The van der Waals surface area contributed by atoms with Gasteiger partial charge < -0.3 is 10.6 Å². The molecule has 104 valence electrons. The molecule has 3 amide bonds. The number of halogens is 1. The maximum Gasteiger partial charge on any atom is 0.256 e. The van der Waals surface area contributed by atoms with Crippen molar-refractivity contribution in [3.05, 3.63) is 28.3 Å². The third-order valence-electron chi connectivity index (χ3n) is 3.69. The van der Waals surface area contributed by atoms with E-state index in [-0.39, 0.29) is 24.8 Å². The normalized spacial score (nSPS) is 21.9. The molecule has 0 saturated carbocycles. The van der Waals surface area contributed by atoms with Crippen molar-refractivity contribution in [1.82, 2.24) is 10.2 Å². The fraction of sp³-hybridized carbons (Fsp3) is 0.308. The first-order chi connectivity index (χ1) is 9.49. The van der Waals surface area contributed by atoms with Gasteiger partial charge in [-0.3, -0.25) is 19.7 Å². The van der Waals surface area contributed by atoms with Crippen LogP contribution >= 0.6 is 11.6 Å². The number of nitrogen functional groups attached to an aromatic ring is 1. The summed E-state index contributed by atoms with van der Waals surface area (Å²) in [6.45, 7) is 0.243. The van der Waals surface area contributed by atoms with E-state index in [1.807, 2.05) is 0 Å². The first-order valence-corrected chi connectivity index (χ1v) is 6.58. The van der Waals surface area contributed by atoms with E-state index in [0.717, 1.165) is 0 Å². The summed E-state index contributed by atoms with van der Waals surface area (Å²) in [5.74, 6) is -1.07. The molecule has 3 rings (SSSR count). The topological polar surface area (TPSA) is 92.5 Å². The fourth-order valence-corrected chi connectivity index (χ4v) is 2.91. The second kappa shape index (κ2) is 4.49. The van der Waals surface area contributed by atoms with Crippen LogP contribution in [0.5, 0.6) is 0 Å². The third-order valence-corrected chi connectivity index (χ3v) is 4.00. The Balaban J connectivity index is 1.94. The number of rotatable bonds is 1. The Morgan fingerprint density at radius 1 is 1.30 bits per heavy atom. The van der Waals surface area contributed by atoms with Crippen LogP contribution in [0.3, 0.4) is 0 Å². The number of carbonyl (C=O) groups is 3. The van der Waals surface area contributed by atoms with Gasteiger partial charge >= 0.3 is 0 Å². The first-order valence-electron chi connectivity index (χ1n) is 6.20. The van der Waals surface area contributed by atoms with Gasteiger partial charge in [0.25, 0.3) is 5.91 Å². The Labute approximate surface area is 119 Å². The molecule has 0 bridgehead atoms. The molecule has 2 aliphatic rings. The van der Waals surface area contributed by atoms with Crippen LogP contribution in [-0.2, 0) is 16.1 Å². The van der Waals surface area contributed by atoms with E-state index in [2.05, 4.69) is 5.32 Å². The first kappa shape index (κ1) is 12.9. The molecule has 20 heavy (non-hydrogen) atoms. The molecule has 7 heteroatoms. The SMILES string of the molecule is Nc1ccc(Cl)c2c1CN(C1CCC(=O)NC1=O)C2=O. The lowest BCUT2D eigenvalue weighted by atomic mass is 10.0. The van der Waals surface area contributed by atoms with E-state index in [0.29, 0.717) is 28.3 Å². The van der Waals surface area contributed by atoms with Crippen LogP contribution in [0.1, 0.15) is 28.8 Å². The highest BCUT2D eigenvalue weighted by Gasteiger charge is 2.40. The van der Waals surface area contributed by atoms with E-state index < -0.39 is 11.9 Å². The van der Waals surface area contributed by atoms with Crippen LogP contribution in [0.15, 0.2) is 12.1 Å². The Morgan fingerprint density at radius 2 is 2.05 bits per heavy atom. The van der Waals surface area contributed by atoms with Crippen LogP contribution in [0.4, 0.5) is 5.69 Å². The number of hydrogen-bond acceptors (Lipinski definition) is 4. The van der Waals surface area contributed by atoms with Crippen molar-refractivity contribution in [3.63, 3.8) is 0 Å². The van der Waals surface area contributed by atoms with Crippen molar-refractivity contribution >= 4 is 35.0 Å². The molecular formula is C13H12ClN3O3. The molecular weight excluding hydrogens is 282 g/mol. The maximum atomic E-state index is 12.4. The van der Waals surface area contributed by atoms with Crippen LogP contribution in [0.25, 0.3) is 0 Å². The van der Waals surface area contributed by atoms with Crippen molar-refractivity contribution in [3.8, 4) is 0 Å². The summed E-state index contributed by atoms with van der Waals surface area (Å²) in [6, 6.07) is 2.56. The van der Waals surface area contributed by atoms with Gasteiger partial charge in [-0.1, -0.05) is 11.6 Å². The van der Waals surface area contributed by atoms with Crippen molar-refractivity contribution in [2.45, 2.75) is 25.4 Å². The number of imide groups is 1. The number of anilines is 1. The highest BCUT2D eigenvalue weighted by Crippen LogP contribution is 2.35. The summed E-state index contributed by atoms with van der Waals surface area (Å²) in [5.41, 5.74) is 7.34. The predicted octanol–water partition coefficient (Wildman–Crippen LogP) is 0.683. The summed E-state index contributed by atoms with van der Waals surface area (Å²) < 4.78 is 0. The number of hydrogen-bond donors (Lipinski definition) is 2. The van der Waals surface area contributed by atoms with Crippen molar-refractivity contribution in [1.29, 1.82) is 0 Å². The number of nitrogens with zero attached hydrogens (tertiary/aromatic N) is 1. The Hall–Kier alpha value is -2.08. The molecule has 6 nitrogen and oxygen atoms in total. The van der Waals surface area contributed by atoms with E-state index in [1.54, 1.807) is 12.1 Å². The zero-order chi connectivity index (χ0) is 14.4. The molecule has 2 aliphatic heterocycles. The van der Waals surface area contributed by atoms with Gasteiger partial charge in [-0.2, -0.15) is 0 Å². The van der Waals surface area contributed by atoms with E-state index in [4.69, 9.17) is 17.3 Å². The van der Waals surface area contributed by atoms with Crippen molar-refractivity contribution in [2.24, 2.45) is 0 Å². The van der Waals surface area contributed by atoms with Crippen LogP contribution in [0, 0.1) is 0 Å². The molecule has 0 radical (unpaired) electrons. The van der Waals surface area contributed by atoms with E-state index in [9.17, 15) is 14.4 Å². The Morgan fingerprint density at radius 3 is 2.70 bits per heavy atom. The van der Waals surface area contributed by atoms with Gasteiger partial charge in [-0.15, -0.1) is 0 Å². The summed E-state index contributed by atoms with van der Waals surface area (Å²) in [6.07, 6.45) is 0.543. The van der Waals surface area contributed by atoms with Gasteiger partial charge in [0.05, 0.1) is 10.6 Å². The minimum absolute atomic E-state index is 0.222. The number of benzene rings is 1. The highest BCUT2D eigenvalue weighted by atomic mass is 35.5. The molecule has 0 spiro atoms. The monoisotopic (exact) mass is 293 g/mol. The summed E-state index contributed by atoms with van der Waals surface area (Å²) in [4.78, 5) is 36.9. The number of nitrogens with two attached hydrogens (primary N) is 1. The van der Waals surface area contributed by atoms with Crippen LogP contribution in [0.2, 0.25) is 5.02 Å². The maximum absolute atomic E-state index is 12.4. The molecule has 1 atom stereocenters. The fourth-order valence-electron chi connectivity index (χ4n) is 2.65. The number of piperidine rings is 1. The molecule has 1 fully saturated rings. The van der Waals surface area contributed by atoms with Crippen LogP contribution < -0.4 is 11.1 Å². The largest absolute Gasteiger partial charge is 0.398 e. The van der Waals surface area contributed by atoms with Gasteiger partial charge in [0, 0.05) is 24.2 Å². The second-order valence-electron chi connectivity index (χ2n) is 4.89. The summed E-state index contributed by atoms with van der Waals surface area (Å²) >= 11 is 6.04. The Bertz CT molecular complexity index is 644. The second-order valence-corrected chi connectivity index (χ2v) is 5.30. The average molecular weight is 294 g/mol. The lowest BCUT2D eigenvalue weighted by Crippen LogP contribution is -2.52. The van der Waals surface area contributed by atoms with E-state index in [1.165, 1.54) is 4.90 Å². The standard InChI is InChI=1S/C13H12ClN3O3/c14-7-1-2-8(15)6-5-17(13(20)11(6)7)9-3-4-10(18)16-12(9)19/h1-2,9H,3-5,15H2,(H,16,18,19). The number of fused-ring (bicyclic) bond motifs is 1. The minimum Gasteiger partial charge on any atom is -0.398 e. The number of nitrogens with one attached hydrogen (secondary N) is 1. The zero-order valence-electron chi connectivity index (χ0n) is 10.5. The Kier molecular flexibility index (Phi) is 2.90. The van der Waals surface area contributed by atoms with Crippen molar-refractivity contribution in [2.75, 3.05) is 5.73 Å². The molecule has 1 aromatic rings. The lowest BCUT2D eigenvalue weighted by Gasteiger charge is -2.29. The van der Waals surface area contributed by atoms with Gasteiger partial charge in [0.2, 0.25) is 11.8 Å². The lowest BCUT2D eigenvalue weighted by molar-refractivity contribution is -0.136. The molecule has 0 aromatic heterocycles. The van der Waals surface area contributed by atoms with E-state index >= 15 is 0 Å². The summed E-state index contributed by atoms with van der Waals surface area (Å²) in [7, 11) is 0. The van der Waals surface area contributed by atoms with Crippen LogP contribution in [-0.4, -0.2) is 28.7 Å². The number of carbonyl (C=O) groups excluding carboxylic acids is 3. The molecule has 3 N–H and O–H groups in total. The predicted molar refractivity (Wildman–Crippen MR) is 71.9 cm³/mol. The molecule has 2 heterocycles. The molecule has 0 aliphatic carbocycles. The van der Waals surface area contributed by atoms with Crippen molar-refractivity contribution < 1.29 is 14.4 Å². The zero-order valence-corrected chi connectivity index (χ0v) is 11.2. The smallest absolute Gasteiger partial charge is 0.256 e. The van der Waals surface area contributed by atoms with Gasteiger partial charge in [-0.25, -0.2) is 0 Å². The number of amides is 3. The quantitative estimate of drug-likeness (QED) is 0.588. The molecule has 1 saturated heterocycles. The molecule has 1 aromatic carbocycles. The minimum atomic E-state index is -0.650. The van der Waals surface area contributed by atoms with Gasteiger partial charge in [0.15, 0.2) is 0 Å². The summed E-state index contributed by atoms with van der Waals surface area (Å²) in [5, 5.41) is 2.57. The third kappa shape index (κ3) is 1.84. The molecule has 1 unspecified atom stereocenters. The average Bonchev–Trinajstić information content (AvgIpc) is 2.73. The van der Waals surface area contributed by atoms with Gasteiger partial charge in [-0.05, 0) is 18.6 Å². The van der Waals surface area contributed by atoms with Gasteiger partial charge in [0.1, 0.15) is 6.04 Å².